The van der Waals surface area contributed by atoms with Crippen molar-refractivity contribution < 1.29 is 23.3 Å². The second-order valence-electron chi connectivity index (χ2n) is 3.79. The second kappa shape index (κ2) is 5.64. The number of nitrogens with one attached hydrogen (secondary N) is 1. The Morgan fingerprint density at radius 3 is 2.79 bits per heavy atom. The summed E-state index contributed by atoms with van der Waals surface area (Å²) in [7, 11) is -4.50. The maximum atomic E-state index is 11.6. The van der Waals surface area contributed by atoms with Crippen LogP contribution in [0.25, 0.3) is 11.0 Å². The third-order valence-electron chi connectivity index (χ3n) is 2.36. The molecule has 102 valence electrons. The van der Waals surface area contributed by atoms with Crippen LogP contribution < -0.4 is 10.9 Å². The van der Waals surface area contributed by atoms with E-state index in [1.165, 1.54) is 0 Å². The van der Waals surface area contributed by atoms with Gasteiger partial charge in [-0.25, -0.2) is 9.36 Å². The summed E-state index contributed by atoms with van der Waals surface area (Å²) in [5.74, 6) is 0. The fourth-order valence-corrected chi connectivity index (χ4v) is 1.80. The van der Waals surface area contributed by atoms with Crippen LogP contribution in [0.4, 0.5) is 0 Å². The molecule has 0 unspecified atom stereocenters. The van der Waals surface area contributed by atoms with Gasteiger partial charge in [-0.05, 0) is 12.1 Å². The Morgan fingerprint density at radius 1 is 1.32 bits per heavy atom. The van der Waals surface area contributed by atoms with Gasteiger partial charge in [-0.3, -0.25) is 9.84 Å². The van der Waals surface area contributed by atoms with Crippen LogP contribution in [-0.4, -0.2) is 16.5 Å². The van der Waals surface area contributed by atoms with Gasteiger partial charge in [0.1, 0.15) is 12.3 Å². The zero-order valence-corrected chi connectivity index (χ0v) is 10.7. The van der Waals surface area contributed by atoms with E-state index in [4.69, 9.17) is 14.2 Å². The molecule has 1 aromatic carbocycles. The van der Waals surface area contributed by atoms with E-state index in [1.54, 1.807) is 24.3 Å². The van der Waals surface area contributed by atoms with Crippen molar-refractivity contribution >= 4 is 18.8 Å². The van der Waals surface area contributed by atoms with Gasteiger partial charge in [-0.15, -0.1) is 0 Å². The summed E-state index contributed by atoms with van der Waals surface area (Å²) in [6, 6.07) is 8.72. The van der Waals surface area contributed by atoms with Crippen molar-refractivity contribution in [3.63, 3.8) is 0 Å². The van der Waals surface area contributed by atoms with E-state index in [1.807, 2.05) is 6.07 Å². The first kappa shape index (κ1) is 13.9. The predicted molar refractivity (Wildman–Crippen MR) is 67.3 cm³/mol. The molecule has 0 aliphatic rings. The fraction of sp³-hybridized carbons (Fsp3) is 0.182. The molecule has 0 spiro atoms. The maximum absolute atomic E-state index is 11.6. The SMILES string of the molecule is O=c1oc2ccccc2cc1CNCOP(=O)(O)O. The van der Waals surface area contributed by atoms with Crippen LogP contribution in [-0.2, 0) is 15.6 Å². The Kier molecular flexibility index (Phi) is 4.14. The zero-order chi connectivity index (χ0) is 13.9. The molecule has 8 heteroatoms. The van der Waals surface area contributed by atoms with Gasteiger partial charge >= 0.3 is 13.4 Å². The quantitative estimate of drug-likeness (QED) is 0.325. The summed E-state index contributed by atoms with van der Waals surface area (Å²) in [5.41, 5.74) is 0.345. The van der Waals surface area contributed by atoms with Crippen LogP contribution in [0.5, 0.6) is 0 Å². The molecular weight excluding hydrogens is 273 g/mol. The summed E-state index contributed by atoms with van der Waals surface area (Å²) in [6.45, 7) is -0.274. The standard InChI is InChI=1S/C11H12NO6P/c13-11-9(6-12-7-17-19(14,15)16)5-8-3-1-2-4-10(8)18-11/h1-5,12H,6-7H2,(H2,14,15,16). The van der Waals surface area contributed by atoms with E-state index in [0.717, 1.165) is 5.39 Å². The summed E-state index contributed by atoms with van der Waals surface area (Å²) in [4.78, 5) is 28.6. The minimum Gasteiger partial charge on any atom is -0.422 e. The van der Waals surface area contributed by atoms with Crippen molar-refractivity contribution in [3.8, 4) is 0 Å². The number of fused-ring (bicyclic) bond motifs is 1. The van der Waals surface area contributed by atoms with Crippen LogP contribution in [0, 0.1) is 0 Å². The van der Waals surface area contributed by atoms with Crippen molar-refractivity contribution in [2.45, 2.75) is 6.54 Å². The normalized spacial score (nSPS) is 11.9. The molecule has 0 bridgehead atoms. The average Bonchev–Trinajstić information content (AvgIpc) is 2.33. The molecule has 0 atom stereocenters. The number of phosphoric acid groups is 1. The summed E-state index contributed by atoms with van der Waals surface area (Å²) in [6.07, 6.45) is 0. The molecule has 0 amide bonds. The van der Waals surface area contributed by atoms with Gasteiger partial charge in [-0.2, -0.15) is 0 Å². The van der Waals surface area contributed by atoms with E-state index in [9.17, 15) is 9.36 Å². The van der Waals surface area contributed by atoms with Gasteiger partial charge in [0, 0.05) is 11.9 Å². The van der Waals surface area contributed by atoms with Crippen molar-refractivity contribution in [2.75, 3.05) is 6.73 Å². The molecule has 0 fully saturated rings. The molecule has 2 rings (SSSR count). The topological polar surface area (TPSA) is 109 Å². The first-order valence-electron chi connectivity index (χ1n) is 5.38. The minimum absolute atomic E-state index is 0.0904. The third-order valence-corrected chi connectivity index (χ3v) is 2.83. The second-order valence-corrected chi connectivity index (χ2v) is 5.03. The highest BCUT2D eigenvalue weighted by molar-refractivity contribution is 7.46. The lowest BCUT2D eigenvalue weighted by atomic mass is 10.2. The van der Waals surface area contributed by atoms with Gasteiger partial charge in [0.05, 0.1) is 5.56 Å². The number of benzene rings is 1. The summed E-state index contributed by atoms with van der Waals surface area (Å²) in [5, 5.41) is 3.36. The molecule has 3 N–H and O–H groups in total. The molecule has 0 radical (unpaired) electrons. The van der Waals surface area contributed by atoms with Gasteiger partial charge in [0.25, 0.3) is 0 Å². The highest BCUT2D eigenvalue weighted by Gasteiger charge is 2.13. The Balaban J connectivity index is 2.06. The third kappa shape index (κ3) is 3.99. The van der Waals surface area contributed by atoms with Crippen LogP contribution in [0.3, 0.4) is 0 Å². The lowest BCUT2D eigenvalue weighted by Gasteiger charge is -2.06. The number of hydrogen-bond donors (Lipinski definition) is 3. The van der Waals surface area contributed by atoms with Crippen molar-refractivity contribution in [2.24, 2.45) is 0 Å². The molecular formula is C11H12NO6P. The molecule has 7 nitrogen and oxygen atoms in total. The maximum Gasteiger partial charge on any atom is 0.470 e. The fourth-order valence-electron chi connectivity index (χ4n) is 1.54. The monoisotopic (exact) mass is 285 g/mol. The molecule has 1 heterocycles. The van der Waals surface area contributed by atoms with Crippen molar-refractivity contribution in [3.05, 3.63) is 46.3 Å². The number of phosphoric ester groups is 1. The van der Waals surface area contributed by atoms with E-state index in [0.29, 0.717) is 11.1 Å². The highest BCUT2D eigenvalue weighted by atomic mass is 31.2. The van der Waals surface area contributed by atoms with Crippen LogP contribution in [0.1, 0.15) is 5.56 Å². The molecule has 1 aromatic heterocycles. The summed E-state index contributed by atoms with van der Waals surface area (Å²) < 4.78 is 19.7. The smallest absolute Gasteiger partial charge is 0.422 e. The van der Waals surface area contributed by atoms with E-state index in [2.05, 4.69) is 9.84 Å². The van der Waals surface area contributed by atoms with Crippen molar-refractivity contribution in [1.82, 2.24) is 5.32 Å². The van der Waals surface area contributed by atoms with E-state index < -0.39 is 13.4 Å². The van der Waals surface area contributed by atoms with Crippen LogP contribution in [0.15, 0.2) is 39.5 Å². The zero-order valence-electron chi connectivity index (χ0n) is 9.78. The Labute approximate surface area is 108 Å². The average molecular weight is 285 g/mol. The molecule has 0 saturated carbocycles. The number of para-hydroxylation sites is 1. The first-order chi connectivity index (χ1) is 8.96. The van der Waals surface area contributed by atoms with Gasteiger partial charge in [0.2, 0.25) is 0 Å². The van der Waals surface area contributed by atoms with Gasteiger partial charge < -0.3 is 14.2 Å². The molecule has 2 aromatic rings. The minimum atomic E-state index is -4.50. The molecule has 0 aliphatic heterocycles. The summed E-state index contributed by atoms with van der Waals surface area (Å²) >= 11 is 0. The highest BCUT2D eigenvalue weighted by Crippen LogP contribution is 2.34. The largest absolute Gasteiger partial charge is 0.470 e. The Morgan fingerprint density at radius 2 is 2.05 bits per heavy atom. The first-order valence-corrected chi connectivity index (χ1v) is 6.91. The van der Waals surface area contributed by atoms with Crippen LogP contribution >= 0.6 is 7.82 Å². The molecule has 19 heavy (non-hydrogen) atoms. The van der Waals surface area contributed by atoms with E-state index >= 15 is 0 Å². The molecule has 0 saturated heterocycles. The van der Waals surface area contributed by atoms with Crippen LogP contribution in [0.2, 0.25) is 0 Å². The van der Waals surface area contributed by atoms with E-state index in [-0.39, 0.29) is 13.3 Å². The van der Waals surface area contributed by atoms with Gasteiger partial charge in [-0.1, -0.05) is 18.2 Å². The lowest BCUT2D eigenvalue weighted by molar-refractivity contribution is 0.182. The predicted octanol–water partition coefficient (Wildman–Crippen LogP) is 0.949. The Bertz CT molecular complexity index is 676. The molecule has 0 aliphatic carbocycles. The lowest BCUT2D eigenvalue weighted by Crippen LogP contribution is -2.21. The van der Waals surface area contributed by atoms with Gasteiger partial charge in [0.15, 0.2) is 0 Å². The number of hydrogen-bond acceptors (Lipinski definition) is 5. The number of rotatable bonds is 5. The Hall–Kier alpha value is -1.50. The van der Waals surface area contributed by atoms with Crippen molar-refractivity contribution in [1.29, 1.82) is 0 Å².